The summed E-state index contributed by atoms with van der Waals surface area (Å²) in [5.74, 6) is 2.35. The Morgan fingerprint density at radius 2 is 2.25 bits per heavy atom. The monoisotopic (exact) mass is 295 g/mol. The molecule has 0 aliphatic heterocycles. The second-order valence-electron chi connectivity index (χ2n) is 5.07. The maximum atomic E-state index is 12.4. The summed E-state index contributed by atoms with van der Waals surface area (Å²) in [5, 5.41) is 3.41. The number of sulfonamides is 1. The van der Waals surface area contributed by atoms with Gasteiger partial charge in [-0.25, -0.2) is 8.42 Å². The molecule has 1 heterocycles. The van der Waals surface area contributed by atoms with Crippen LogP contribution in [-0.2, 0) is 23.1 Å². The van der Waals surface area contributed by atoms with Crippen molar-refractivity contribution in [3.8, 4) is 12.3 Å². The molecule has 0 bridgehead atoms. The number of nitrogens with one attached hydrogen (secondary N) is 1. The van der Waals surface area contributed by atoms with Crippen LogP contribution in [0.2, 0.25) is 0 Å². The molecule has 0 atom stereocenters. The van der Waals surface area contributed by atoms with E-state index in [1.54, 1.807) is 12.3 Å². The molecule has 1 aromatic rings. The van der Waals surface area contributed by atoms with E-state index in [-0.39, 0.29) is 6.54 Å². The number of terminal acetylenes is 1. The molecule has 0 saturated heterocycles. The zero-order chi connectivity index (χ0) is 14.8. The van der Waals surface area contributed by atoms with E-state index in [0.717, 1.165) is 12.2 Å². The highest BCUT2D eigenvalue weighted by molar-refractivity contribution is 7.89. The second-order valence-corrected chi connectivity index (χ2v) is 7.12. The van der Waals surface area contributed by atoms with Gasteiger partial charge >= 0.3 is 0 Å². The van der Waals surface area contributed by atoms with E-state index < -0.39 is 10.0 Å². The molecule has 6 heteroatoms. The van der Waals surface area contributed by atoms with Gasteiger partial charge in [0.25, 0.3) is 0 Å². The zero-order valence-electron chi connectivity index (χ0n) is 12.0. The summed E-state index contributed by atoms with van der Waals surface area (Å²) in [5.41, 5.74) is 0.993. The zero-order valence-corrected chi connectivity index (χ0v) is 12.8. The standard InChI is InChI=1S/C14H21N3O2S/c1-4-8-16(3)20(18,19)14-9-13(17(5-2)11-14)10-15-12-6-7-12/h1,9,11-12,15H,5-8,10H2,2-3H3. The third-order valence-corrected chi connectivity index (χ3v) is 5.24. The van der Waals surface area contributed by atoms with Gasteiger partial charge < -0.3 is 9.88 Å². The number of aromatic nitrogens is 1. The van der Waals surface area contributed by atoms with Gasteiger partial charge in [0.15, 0.2) is 0 Å². The quantitative estimate of drug-likeness (QED) is 0.764. The highest BCUT2D eigenvalue weighted by Crippen LogP contribution is 2.21. The third kappa shape index (κ3) is 3.23. The first-order chi connectivity index (χ1) is 9.48. The van der Waals surface area contributed by atoms with Crippen LogP contribution in [0.5, 0.6) is 0 Å². The summed E-state index contributed by atoms with van der Waals surface area (Å²) in [4.78, 5) is 0.310. The van der Waals surface area contributed by atoms with E-state index in [2.05, 4.69) is 11.2 Å². The summed E-state index contributed by atoms with van der Waals surface area (Å²) < 4.78 is 27.9. The van der Waals surface area contributed by atoms with E-state index in [1.165, 1.54) is 24.2 Å². The Balaban J connectivity index is 2.21. The first kappa shape index (κ1) is 15.1. The molecule has 1 aliphatic carbocycles. The van der Waals surface area contributed by atoms with E-state index in [4.69, 9.17) is 6.42 Å². The SMILES string of the molecule is C#CCN(C)S(=O)(=O)c1cc(CNC2CC2)n(CC)c1. The number of nitrogens with zero attached hydrogens (tertiary/aromatic N) is 2. The third-order valence-electron chi connectivity index (χ3n) is 3.47. The molecule has 2 rings (SSSR count). The largest absolute Gasteiger partial charge is 0.349 e. The summed E-state index contributed by atoms with van der Waals surface area (Å²) in [6.45, 7) is 3.53. The van der Waals surface area contributed by atoms with Gasteiger partial charge in [-0.1, -0.05) is 5.92 Å². The van der Waals surface area contributed by atoms with E-state index in [9.17, 15) is 8.42 Å². The van der Waals surface area contributed by atoms with Crippen molar-refractivity contribution in [2.45, 2.75) is 43.8 Å². The Kier molecular flexibility index (Phi) is 4.53. The molecule has 0 unspecified atom stereocenters. The summed E-state index contributed by atoms with van der Waals surface area (Å²) >= 11 is 0. The van der Waals surface area contributed by atoms with Crippen LogP contribution >= 0.6 is 0 Å². The Hall–Kier alpha value is -1.29. The van der Waals surface area contributed by atoms with Gasteiger partial charge in [0.05, 0.1) is 6.54 Å². The lowest BCUT2D eigenvalue weighted by Gasteiger charge is -2.12. The maximum Gasteiger partial charge on any atom is 0.245 e. The van der Waals surface area contributed by atoms with Crippen molar-refractivity contribution in [2.24, 2.45) is 0 Å². The molecule has 1 aliphatic rings. The first-order valence-corrected chi connectivity index (χ1v) is 8.25. The molecule has 0 radical (unpaired) electrons. The van der Waals surface area contributed by atoms with Crippen molar-refractivity contribution < 1.29 is 8.42 Å². The summed E-state index contributed by atoms with van der Waals surface area (Å²) in [6, 6.07) is 2.33. The Morgan fingerprint density at radius 3 is 2.80 bits per heavy atom. The summed E-state index contributed by atoms with van der Waals surface area (Å²) in [7, 11) is -1.99. The van der Waals surface area contributed by atoms with E-state index >= 15 is 0 Å². The van der Waals surface area contributed by atoms with Crippen molar-refractivity contribution in [3.63, 3.8) is 0 Å². The minimum absolute atomic E-state index is 0.0787. The van der Waals surface area contributed by atoms with Crippen LogP contribution in [0, 0.1) is 12.3 Å². The van der Waals surface area contributed by atoms with Crippen LogP contribution < -0.4 is 5.32 Å². The molecular weight excluding hydrogens is 274 g/mol. The van der Waals surface area contributed by atoms with E-state index in [1.807, 2.05) is 11.5 Å². The Morgan fingerprint density at radius 1 is 1.55 bits per heavy atom. The molecular formula is C14H21N3O2S. The van der Waals surface area contributed by atoms with Gasteiger partial charge in [-0.3, -0.25) is 0 Å². The minimum Gasteiger partial charge on any atom is -0.349 e. The molecule has 1 N–H and O–H groups in total. The topological polar surface area (TPSA) is 54.3 Å². The second kappa shape index (κ2) is 6.00. The van der Waals surface area contributed by atoms with Gasteiger partial charge in [-0.2, -0.15) is 4.31 Å². The predicted octanol–water partition coefficient (Wildman–Crippen LogP) is 1.01. The highest BCUT2D eigenvalue weighted by Gasteiger charge is 2.24. The number of hydrogen-bond donors (Lipinski definition) is 1. The molecule has 20 heavy (non-hydrogen) atoms. The molecule has 0 amide bonds. The molecule has 1 aromatic heterocycles. The van der Waals surface area contributed by atoms with Gasteiger partial charge in [0.2, 0.25) is 10.0 Å². The van der Waals surface area contributed by atoms with Crippen molar-refractivity contribution in [1.82, 2.24) is 14.2 Å². The molecule has 1 saturated carbocycles. The molecule has 1 fully saturated rings. The van der Waals surface area contributed by atoms with Gasteiger partial charge in [-0.05, 0) is 25.8 Å². The molecule has 0 spiro atoms. The van der Waals surface area contributed by atoms with Crippen LogP contribution in [-0.4, -0.2) is 36.9 Å². The number of aryl methyl sites for hydroxylation is 1. The lowest BCUT2D eigenvalue weighted by atomic mass is 10.4. The van der Waals surface area contributed by atoms with Crippen molar-refractivity contribution >= 4 is 10.0 Å². The molecule has 0 aromatic carbocycles. The Labute approximate surface area is 121 Å². The normalized spacial score (nSPS) is 15.5. The lowest BCUT2D eigenvalue weighted by molar-refractivity contribution is 0.503. The molecule has 5 nitrogen and oxygen atoms in total. The van der Waals surface area contributed by atoms with Crippen molar-refractivity contribution in [3.05, 3.63) is 18.0 Å². The van der Waals surface area contributed by atoms with Crippen molar-refractivity contribution in [2.75, 3.05) is 13.6 Å². The predicted molar refractivity (Wildman–Crippen MR) is 78.6 cm³/mol. The fourth-order valence-electron chi connectivity index (χ4n) is 2.04. The minimum atomic E-state index is -3.49. The average Bonchev–Trinajstić information content (AvgIpc) is 3.14. The van der Waals surface area contributed by atoms with Crippen LogP contribution in [0.1, 0.15) is 25.5 Å². The highest BCUT2D eigenvalue weighted by atomic mass is 32.2. The van der Waals surface area contributed by atoms with Crippen LogP contribution in [0.15, 0.2) is 17.2 Å². The van der Waals surface area contributed by atoms with Gasteiger partial charge in [0, 0.05) is 38.1 Å². The van der Waals surface area contributed by atoms with Gasteiger partial charge in [0.1, 0.15) is 4.90 Å². The van der Waals surface area contributed by atoms with Crippen LogP contribution in [0.25, 0.3) is 0 Å². The van der Waals surface area contributed by atoms with Crippen molar-refractivity contribution in [1.29, 1.82) is 0 Å². The smallest absolute Gasteiger partial charge is 0.245 e. The fraction of sp³-hybridized carbons (Fsp3) is 0.571. The van der Waals surface area contributed by atoms with Crippen LogP contribution in [0.4, 0.5) is 0 Å². The fourth-order valence-corrected chi connectivity index (χ4v) is 3.19. The first-order valence-electron chi connectivity index (χ1n) is 6.81. The van der Waals surface area contributed by atoms with Gasteiger partial charge in [-0.15, -0.1) is 6.42 Å². The van der Waals surface area contributed by atoms with Crippen LogP contribution in [0.3, 0.4) is 0 Å². The average molecular weight is 295 g/mol. The lowest BCUT2D eigenvalue weighted by Crippen LogP contribution is -2.26. The summed E-state index contributed by atoms with van der Waals surface area (Å²) in [6.07, 6.45) is 9.29. The maximum absolute atomic E-state index is 12.4. The molecule has 110 valence electrons. The number of hydrogen-bond acceptors (Lipinski definition) is 3. The Bertz CT molecular complexity index is 609. The van der Waals surface area contributed by atoms with E-state index in [0.29, 0.717) is 17.5 Å². The number of rotatable bonds is 7.